The number of nitrogens with zero attached hydrogens (tertiary/aromatic N) is 1. The number of benzene rings is 1. The van der Waals surface area contributed by atoms with Crippen LogP contribution in [0.25, 0.3) is 10.9 Å². The smallest absolute Gasteiger partial charge is 0.224 e. The lowest BCUT2D eigenvalue weighted by Crippen LogP contribution is -2.24. The lowest BCUT2D eigenvalue weighted by Gasteiger charge is -2.13. The fourth-order valence-electron chi connectivity index (χ4n) is 3.52. The minimum atomic E-state index is 0.00447. The molecule has 2 N–H and O–H groups in total. The monoisotopic (exact) mass is 349 g/mol. The molecule has 2 heterocycles. The first-order valence-electron chi connectivity index (χ1n) is 9.21. The van der Waals surface area contributed by atoms with Crippen molar-refractivity contribution in [1.82, 2.24) is 15.3 Å². The second-order valence-electron chi connectivity index (χ2n) is 6.84. The van der Waals surface area contributed by atoms with E-state index in [2.05, 4.69) is 15.3 Å². The normalized spacial score (nSPS) is 14.6. The van der Waals surface area contributed by atoms with E-state index in [9.17, 15) is 4.79 Å². The lowest BCUT2D eigenvalue weighted by atomic mass is 10.1. The van der Waals surface area contributed by atoms with Crippen LogP contribution in [0.4, 0.5) is 0 Å². The minimum Gasteiger partial charge on any atom is -0.474 e. The predicted octanol–water partition coefficient (Wildman–Crippen LogP) is 3.74. The molecular formula is C21H23N3O2. The van der Waals surface area contributed by atoms with Gasteiger partial charge in [-0.1, -0.05) is 18.2 Å². The Kier molecular flexibility index (Phi) is 4.86. The highest BCUT2D eigenvalue weighted by molar-refractivity contribution is 5.88. The Bertz CT molecular complexity index is 897. The highest BCUT2D eigenvalue weighted by atomic mass is 16.5. The highest BCUT2D eigenvalue weighted by Crippen LogP contribution is 2.23. The zero-order chi connectivity index (χ0) is 17.8. The van der Waals surface area contributed by atoms with E-state index in [0.29, 0.717) is 18.8 Å². The Balaban J connectivity index is 1.34. The summed E-state index contributed by atoms with van der Waals surface area (Å²) in [7, 11) is 0. The average Bonchev–Trinajstić information content (AvgIpc) is 3.31. The van der Waals surface area contributed by atoms with Gasteiger partial charge in [0.1, 0.15) is 6.10 Å². The predicted molar refractivity (Wildman–Crippen MR) is 101 cm³/mol. The first-order chi connectivity index (χ1) is 12.8. The zero-order valence-corrected chi connectivity index (χ0v) is 14.7. The van der Waals surface area contributed by atoms with Gasteiger partial charge >= 0.3 is 0 Å². The highest BCUT2D eigenvalue weighted by Gasteiger charge is 2.17. The van der Waals surface area contributed by atoms with Crippen molar-refractivity contribution >= 4 is 16.8 Å². The zero-order valence-electron chi connectivity index (χ0n) is 14.7. The maximum Gasteiger partial charge on any atom is 0.224 e. The van der Waals surface area contributed by atoms with Crippen molar-refractivity contribution in [2.24, 2.45) is 0 Å². The Morgan fingerprint density at radius 1 is 1.23 bits per heavy atom. The lowest BCUT2D eigenvalue weighted by molar-refractivity contribution is -0.120. The van der Waals surface area contributed by atoms with Gasteiger partial charge in [-0.3, -0.25) is 4.79 Å². The Hall–Kier alpha value is -2.82. The van der Waals surface area contributed by atoms with Crippen molar-refractivity contribution in [1.29, 1.82) is 0 Å². The van der Waals surface area contributed by atoms with E-state index in [1.165, 1.54) is 12.8 Å². The molecule has 2 aromatic heterocycles. The molecule has 1 amide bonds. The van der Waals surface area contributed by atoms with Crippen molar-refractivity contribution in [2.75, 3.05) is 0 Å². The van der Waals surface area contributed by atoms with Crippen LogP contribution in [0.15, 0.2) is 48.8 Å². The molecule has 0 atom stereocenters. The standard InChI is InChI=1S/C21H23N3O2/c25-20(12-16-14-23-19-8-4-3-7-18(16)19)24-13-15-9-10-22-21(11-15)26-17-5-1-2-6-17/h3-4,7-11,14,17,23H,1-2,5-6,12-13H2,(H,24,25). The summed E-state index contributed by atoms with van der Waals surface area (Å²) >= 11 is 0. The van der Waals surface area contributed by atoms with Gasteiger partial charge in [0.2, 0.25) is 11.8 Å². The largest absolute Gasteiger partial charge is 0.474 e. The van der Waals surface area contributed by atoms with Crippen molar-refractivity contribution in [3.63, 3.8) is 0 Å². The van der Waals surface area contributed by atoms with Crippen molar-refractivity contribution < 1.29 is 9.53 Å². The van der Waals surface area contributed by atoms with E-state index in [-0.39, 0.29) is 12.0 Å². The van der Waals surface area contributed by atoms with Crippen molar-refractivity contribution in [3.8, 4) is 5.88 Å². The van der Waals surface area contributed by atoms with Gasteiger partial charge in [0.25, 0.3) is 0 Å². The minimum absolute atomic E-state index is 0.00447. The Morgan fingerprint density at radius 2 is 2.08 bits per heavy atom. The summed E-state index contributed by atoms with van der Waals surface area (Å²) in [4.78, 5) is 19.8. The van der Waals surface area contributed by atoms with Gasteiger partial charge < -0.3 is 15.0 Å². The van der Waals surface area contributed by atoms with Gasteiger partial charge in [-0.05, 0) is 48.9 Å². The first-order valence-corrected chi connectivity index (χ1v) is 9.21. The number of ether oxygens (including phenoxy) is 1. The SMILES string of the molecule is O=C(Cc1c[nH]c2ccccc12)NCc1ccnc(OC2CCCC2)c1. The van der Waals surface area contributed by atoms with Crippen LogP contribution in [0, 0.1) is 0 Å². The van der Waals surface area contributed by atoms with Gasteiger partial charge in [0.15, 0.2) is 0 Å². The molecule has 0 radical (unpaired) electrons. The third-order valence-electron chi connectivity index (χ3n) is 4.90. The number of carbonyl (C=O) groups is 1. The quantitative estimate of drug-likeness (QED) is 0.712. The van der Waals surface area contributed by atoms with Crippen molar-refractivity contribution in [3.05, 3.63) is 59.9 Å². The van der Waals surface area contributed by atoms with E-state index in [1.807, 2.05) is 42.6 Å². The van der Waals surface area contributed by atoms with Crippen LogP contribution in [0.3, 0.4) is 0 Å². The number of hydrogen-bond donors (Lipinski definition) is 2. The molecule has 1 fully saturated rings. The van der Waals surface area contributed by atoms with E-state index >= 15 is 0 Å². The number of nitrogens with one attached hydrogen (secondary N) is 2. The van der Waals surface area contributed by atoms with E-state index < -0.39 is 0 Å². The fraction of sp³-hybridized carbons (Fsp3) is 0.333. The summed E-state index contributed by atoms with van der Waals surface area (Å²) in [5, 5.41) is 4.08. The third kappa shape index (κ3) is 3.87. The van der Waals surface area contributed by atoms with Crippen LogP contribution >= 0.6 is 0 Å². The number of aromatic amines is 1. The molecule has 0 bridgehead atoms. The van der Waals surface area contributed by atoms with E-state index in [1.54, 1.807) is 6.20 Å². The second kappa shape index (κ2) is 7.60. The number of hydrogen-bond acceptors (Lipinski definition) is 3. The molecule has 1 aromatic carbocycles. The van der Waals surface area contributed by atoms with Crippen LogP contribution in [-0.4, -0.2) is 22.0 Å². The number of rotatable bonds is 6. The molecule has 0 aliphatic heterocycles. The molecule has 4 rings (SSSR count). The second-order valence-corrected chi connectivity index (χ2v) is 6.84. The van der Waals surface area contributed by atoms with Crippen LogP contribution < -0.4 is 10.1 Å². The number of H-pyrrole nitrogens is 1. The molecule has 0 unspecified atom stereocenters. The number of fused-ring (bicyclic) bond motifs is 1. The number of pyridine rings is 1. The number of amides is 1. The van der Waals surface area contributed by atoms with Gasteiger partial charge in [0.05, 0.1) is 6.42 Å². The molecule has 5 nitrogen and oxygen atoms in total. The average molecular weight is 349 g/mol. The summed E-state index contributed by atoms with van der Waals surface area (Å²) in [6.07, 6.45) is 8.97. The molecule has 1 aliphatic rings. The fourth-order valence-corrected chi connectivity index (χ4v) is 3.52. The maximum absolute atomic E-state index is 12.3. The number of carbonyl (C=O) groups excluding carboxylic acids is 1. The summed E-state index contributed by atoms with van der Waals surface area (Å²) in [6, 6.07) is 11.8. The topological polar surface area (TPSA) is 67.0 Å². The summed E-state index contributed by atoms with van der Waals surface area (Å²) in [5.74, 6) is 0.658. The summed E-state index contributed by atoms with van der Waals surface area (Å²) in [6.45, 7) is 0.477. The summed E-state index contributed by atoms with van der Waals surface area (Å²) < 4.78 is 5.93. The maximum atomic E-state index is 12.3. The molecule has 1 saturated carbocycles. The molecule has 3 aromatic rings. The van der Waals surface area contributed by atoms with Gasteiger partial charge in [-0.2, -0.15) is 0 Å². The Morgan fingerprint density at radius 3 is 2.96 bits per heavy atom. The van der Waals surface area contributed by atoms with Crippen LogP contribution in [0.5, 0.6) is 5.88 Å². The molecule has 134 valence electrons. The van der Waals surface area contributed by atoms with Crippen LogP contribution in [-0.2, 0) is 17.8 Å². The molecule has 0 saturated heterocycles. The van der Waals surface area contributed by atoms with Gasteiger partial charge in [-0.15, -0.1) is 0 Å². The van der Waals surface area contributed by atoms with Gasteiger partial charge in [0, 0.05) is 35.9 Å². The van der Waals surface area contributed by atoms with Crippen LogP contribution in [0.1, 0.15) is 36.8 Å². The van der Waals surface area contributed by atoms with E-state index in [4.69, 9.17) is 4.74 Å². The van der Waals surface area contributed by atoms with Gasteiger partial charge in [-0.25, -0.2) is 4.98 Å². The molecule has 26 heavy (non-hydrogen) atoms. The number of para-hydroxylation sites is 1. The number of aromatic nitrogens is 2. The first kappa shape index (κ1) is 16.6. The summed E-state index contributed by atoms with van der Waals surface area (Å²) in [5.41, 5.74) is 3.07. The Labute approximate surface area is 152 Å². The molecule has 1 aliphatic carbocycles. The molecular weight excluding hydrogens is 326 g/mol. The van der Waals surface area contributed by atoms with Crippen molar-refractivity contribution in [2.45, 2.75) is 44.8 Å². The van der Waals surface area contributed by atoms with Crippen LogP contribution in [0.2, 0.25) is 0 Å². The molecule has 0 spiro atoms. The van der Waals surface area contributed by atoms with E-state index in [0.717, 1.165) is 34.9 Å². The third-order valence-corrected chi connectivity index (χ3v) is 4.90. The molecule has 5 heteroatoms.